The molecule has 0 radical (unpaired) electrons. The number of hydrogen-bond donors (Lipinski definition) is 1. The van der Waals surface area contributed by atoms with E-state index in [0.29, 0.717) is 23.4 Å². The molecule has 1 aliphatic rings. The van der Waals surface area contributed by atoms with E-state index in [1.165, 1.54) is 0 Å². The average molecular weight is 233 g/mol. The van der Waals surface area contributed by atoms with E-state index in [-0.39, 0.29) is 0 Å². The van der Waals surface area contributed by atoms with Crippen molar-refractivity contribution in [3.05, 3.63) is 23.8 Å². The highest BCUT2D eigenvalue weighted by Gasteiger charge is 2.22. The molecule has 1 saturated heterocycles. The second kappa shape index (κ2) is 4.33. The summed E-state index contributed by atoms with van der Waals surface area (Å²) in [5, 5.41) is 7.32. The molecule has 1 N–H and O–H groups in total. The Morgan fingerprint density at radius 2 is 2.41 bits per heavy atom. The van der Waals surface area contributed by atoms with Crippen LogP contribution >= 0.6 is 0 Å². The van der Waals surface area contributed by atoms with Crippen LogP contribution in [-0.4, -0.2) is 23.2 Å². The van der Waals surface area contributed by atoms with Crippen LogP contribution in [0, 0.1) is 6.92 Å². The van der Waals surface area contributed by atoms with Crippen LogP contribution in [0.15, 0.2) is 21.3 Å². The number of aromatic nitrogens is 2. The highest BCUT2D eigenvalue weighted by Crippen LogP contribution is 2.26. The second-order valence-corrected chi connectivity index (χ2v) is 4.43. The summed E-state index contributed by atoms with van der Waals surface area (Å²) in [4.78, 5) is 4.43. The van der Waals surface area contributed by atoms with E-state index < -0.39 is 0 Å². The van der Waals surface area contributed by atoms with Crippen LogP contribution < -0.4 is 5.32 Å². The van der Waals surface area contributed by atoms with Gasteiger partial charge in [0.05, 0.1) is 12.2 Å². The molecule has 5 nitrogen and oxygen atoms in total. The zero-order valence-corrected chi connectivity index (χ0v) is 9.77. The van der Waals surface area contributed by atoms with Crippen molar-refractivity contribution in [2.45, 2.75) is 25.7 Å². The minimum absolute atomic E-state index is 0.334. The van der Waals surface area contributed by atoms with Gasteiger partial charge in [-0.15, -0.1) is 0 Å². The smallest absolute Gasteiger partial charge is 0.238 e. The molecule has 3 rings (SSSR count). The Bertz CT molecular complexity index is 497. The van der Waals surface area contributed by atoms with E-state index in [9.17, 15) is 0 Å². The van der Waals surface area contributed by atoms with Crippen LogP contribution in [0.5, 0.6) is 0 Å². The highest BCUT2D eigenvalue weighted by atomic mass is 16.5. The van der Waals surface area contributed by atoms with E-state index in [4.69, 9.17) is 8.94 Å². The fourth-order valence-electron chi connectivity index (χ4n) is 2.16. The summed E-state index contributed by atoms with van der Waals surface area (Å²) in [6.45, 7) is 3.96. The Hall–Kier alpha value is -1.62. The van der Waals surface area contributed by atoms with Gasteiger partial charge in [0.2, 0.25) is 11.7 Å². The normalized spacial score (nSPS) is 20.6. The monoisotopic (exact) mass is 233 g/mol. The van der Waals surface area contributed by atoms with Crippen molar-refractivity contribution in [3.63, 3.8) is 0 Å². The maximum atomic E-state index is 5.35. The molecule has 1 atom stereocenters. The average Bonchev–Trinajstić information content (AvgIpc) is 2.98. The molecule has 2 aromatic rings. The molecular weight excluding hydrogens is 218 g/mol. The Morgan fingerprint density at radius 3 is 3.12 bits per heavy atom. The van der Waals surface area contributed by atoms with Gasteiger partial charge in [-0.1, -0.05) is 5.16 Å². The number of rotatable bonds is 2. The van der Waals surface area contributed by atoms with Crippen LogP contribution in [0.1, 0.15) is 30.2 Å². The molecule has 0 aromatic carbocycles. The van der Waals surface area contributed by atoms with Crippen molar-refractivity contribution >= 4 is 0 Å². The molecule has 0 bridgehead atoms. The SMILES string of the molecule is Cc1ccoc1-c1noc([C@@H]2CCCNC2)n1. The van der Waals surface area contributed by atoms with Gasteiger partial charge in [-0.25, -0.2) is 0 Å². The van der Waals surface area contributed by atoms with Crippen molar-refractivity contribution in [1.82, 2.24) is 15.5 Å². The lowest BCUT2D eigenvalue weighted by molar-refractivity contribution is 0.322. The van der Waals surface area contributed by atoms with Gasteiger partial charge in [0.15, 0.2) is 5.76 Å². The zero-order chi connectivity index (χ0) is 11.7. The van der Waals surface area contributed by atoms with Gasteiger partial charge in [0, 0.05) is 6.54 Å². The quantitative estimate of drug-likeness (QED) is 0.860. The summed E-state index contributed by atoms with van der Waals surface area (Å²) >= 11 is 0. The van der Waals surface area contributed by atoms with Gasteiger partial charge in [-0.3, -0.25) is 0 Å². The second-order valence-electron chi connectivity index (χ2n) is 4.43. The number of piperidine rings is 1. The molecule has 0 amide bonds. The molecular formula is C12H15N3O2. The van der Waals surface area contributed by atoms with Crippen molar-refractivity contribution in [2.24, 2.45) is 0 Å². The third-order valence-corrected chi connectivity index (χ3v) is 3.15. The molecule has 0 saturated carbocycles. The van der Waals surface area contributed by atoms with Gasteiger partial charge in [-0.2, -0.15) is 4.98 Å². The van der Waals surface area contributed by atoms with E-state index in [1.807, 2.05) is 13.0 Å². The molecule has 1 aliphatic heterocycles. The van der Waals surface area contributed by atoms with Crippen LogP contribution in [0.2, 0.25) is 0 Å². The largest absolute Gasteiger partial charge is 0.461 e. The van der Waals surface area contributed by atoms with Gasteiger partial charge in [0.25, 0.3) is 0 Å². The minimum atomic E-state index is 0.334. The van der Waals surface area contributed by atoms with E-state index >= 15 is 0 Å². The zero-order valence-electron chi connectivity index (χ0n) is 9.77. The van der Waals surface area contributed by atoms with Crippen LogP contribution in [0.3, 0.4) is 0 Å². The standard InChI is InChI=1S/C12H15N3O2/c1-8-4-6-16-10(8)11-14-12(17-15-11)9-3-2-5-13-7-9/h4,6,9,13H,2-3,5,7H2,1H3/t9-/m1/s1. The first-order chi connectivity index (χ1) is 8.34. The fraction of sp³-hybridized carbons (Fsp3) is 0.500. The first-order valence-corrected chi connectivity index (χ1v) is 5.93. The lowest BCUT2D eigenvalue weighted by Crippen LogP contribution is -2.28. The molecule has 0 unspecified atom stereocenters. The van der Waals surface area contributed by atoms with Gasteiger partial charge in [0.1, 0.15) is 0 Å². The Labute approximate surface area is 99.2 Å². The number of hydrogen-bond acceptors (Lipinski definition) is 5. The molecule has 5 heteroatoms. The summed E-state index contributed by atoms with van der Waals surface area (Å²) in [6.07, 6.45) is 3.90. The molecule has 0 spiro atoms. The predicted molar refractivity (Wildman–Crippen MR) is 61.6 cm³/mol. The van der Waals surface area contributed by atoms with Gasteiger partial charge >= 0.3 is 0 Å². The number of nitrogens with zero attached hydrogens (tertiary/aromatic N) is 2. The number of aryl methyl sites for hydroxylation is 1. The van der Waals surface area contributed by atoms with Crippen molar-refractivity contribution in [2.75, 3.05) is 13.1 Å². The van der Waals surface area contributed by atoms with E-state index in [2.05, 4.69) is 15.5 Å². The fourth-order valence-corrected chi connectivity index (χ4v) is 2.16. The summed E-state index contributed by atoms with van der Waals surface area (Å²) in [7, 11) is 0. The van der Waals surface area contributed by atoms with Gasteiger partial charge < -0.3 is 14.3 Å². The first kappa shape index (κ1) is 10.5. The summed E-state index contributed by atoms with van der Waals surface area (Å²) in [5.41, 5.74) is 1.03. The van der Waals surface area contributed by atoms with Crippen LogP contribution in [0.4, 0.5) is 0 Å². The first-order valence-electron chi connectivity index (χ1n) is 5.93. The predicted octanol–water partition coefficient (Wildman–Crippen LogP) is 2.11. The third-order valence-electron chi connectivity index (χ3n) is 3.15. The molecule has 3 heterocycles. The molecule has 90 valence electrons. The molecule has 1 fully saturated rings. The van der Waals surface area contributed by atoms with E-state index in [1.54, 1.807) is 6.26 Å². The molecule has 2 aromatic heterocycles. The maximum absolute atomic E-state index is 5.35. The Kier molecular flexibility index (Phi) is 2.68. The van der Waals surface area contributed by atoms with E-state index in [0.717, 1.165) is 31.5 Å². The number of furan rings is 1. The minimum Gasteiger partial charge on any atom is -0.461 e. The lowest BCUT2D eigenvalue weighted by atomic mass is 10.00. The Balaban J connectivity index is 1.85. The van der Waals surface area contributed by atoms with Crippen molar-refractivity contribution < 1.29 is 8.94 Å². The Morgan fingerprint density at radius 1 is 1.47 bits per heavy atom. The summed E-state index contributed by atoms with van der Waals surface area (Å²) in [5.74, 6) is 2.29. The molecule has 17 heavy (non-hydrogen) atoms. The van der Waals surface area contributed by atoms with Crippen LogP contribution in [-0.2, 0) is 0 Å². The third kappa shape index (κ3) is 1.98. The molecule has 0 aliphatic carbocycles. The van der Waals surface area contributed by atoms with Crippen molar-refractivity contribution in [1.29, 1.82) is 0 Å². The maximum Gasteiger partial charge on any atom is 0.238 e. The van der Waals surface area contributed by atoms with Crippen LogP contribution in [0.25, 0.3) is 11.6 Å². The summed E-state index contributed by atoms with van der Waals surface area (Å²) in [6, 6.07) is 1.90. The lowest BCUT2D eigenvalue weighted by Gasteiger charge is -2.18. The topological polar surface area (TPSA) is 64.1 Å². The summed E-state index contributed by atoms with van der Waals surface area (Å²) < 4.78 is 10.7. The van der Waals surface area contributed by atoms with Gasteiger partial charge in [-0.05, 0) is 37.9 Å². The number of nitrogens with one attached hydrogen (secondary N) is 1. The highest BCUT2D eigenvalue weighted by molar-refractivity contribution is 5.51. The van der Waals surface area contributed by atoms with Crippen molar-refractivity contribution in [3.8, 4) is 11.6 Å².